The number of guanidine groups is 1. The summed E-state index contributed by atoms with van der Waals surface area (Å²) in [5.74, 6) is -5.33. The van der Waals surface area contributed by atoms with Gasteiger partial charge in [-0.1, -0.05) is 0 Å². The molecule has 0 spiro atoms. The number of carboxylic acid groups (broad SMARTS) is 2. The van der Waals surface area contributed by atoms with Gasteiger partial charge in [0.25, 0.3) is 0 Å². The third-order valence-corrected chi connectivity index (χ3v) is 5.77. The maximum atomic E-state index is 13.0. The number of aliphatic carboxylic acids is 2. The van der Waals surface area contributed by atoms with Crippen LogP contribution in [0.3, 0.4) is 0 Å². The Bertz CT molecular complexity index is 868. The average Bonchev–Trinajstić information content (AvgIpc) is 2.83. The second kappa shape index (κ2) is 18.6. The van der Waals surface area contributed by atoms with Gasteiger partial charge >= 0.3 is 11.9 Å². The van der Waals surface area contributed by atoms with Crippen molar-refractivity contribution in [3.8, 4) is 0 Å². The Morgan fingerprint density at radius 3 is 1.84 bits per heavy atom. The minimum absolute atomic E-state index is 0.0204. The molecule has 17 heteroatoms. The van der Waals surface area contributed by atoms with Crippen molar-refractivity contribution in [2.45, 2.75) is 69.1 Å². The molecule has 0 saturated heterocycles. The quantitative estimate of drug-likeness (QED) is 0.0402. The highest BCUT2D eigenvalue weighted by Gasteiger charge is 2.30. The molecule has 0 saturated carbocycles. The van der Waals surface area contributed by atoms with E-state index in [-0.39, 0.29) is 57.5 Å². The van der Waals surface area contributed by atoms with Gasteiger partial charge in [0.1, 0.15) is 18.1 Å². The highest BCUT2D eigenvalue weighted by Crippen LogP contribution is 2.07. The van der Waals surface area contributed by atoms with Gasteiger partial charge < -0.3 is 49.1 Å². The largest absolute Gasteiger partial charge is 0.481 e. The molecule has 0 aromatic rings. The number of primary amides is 1. The molecule has 0 rings (SSSR count). The number of aliphatic imine (C=N–C) groups is 1. The molecule has 4 amide bonds. The van der Waals surface area contributed by atoms with Gasteiger partial charge in [-0.3, -0.25) is 29.0 Å². The van der Waals surface area contributed by atoms with E-state index in [1.807, 2.05) is 0 Å². The standard InChI is InChI=1S/C21H38N8O8S/c1-38-10-8-13(19(35)29-14(20(36)37)3-2-9-26-21(24)25)28-18(34)12(5-6-15(23)30)27-17(33)11(22)4-7-16(31)32/h11-14H,2-10,22H2,1H3,(H2,23,30)(H,27,33)(H,28,34)(H,29,35)(H,31,32)(H,36,37)(H4,24,25,26). The van der Waals surface area contributed by atoms with Gasteiger partial charge in [-0.15, -0.1) is 0 Å². The van der Waals surface area contributed by atoms with Crippen LogP contribution in [0.1, 0.15) is 44.9 Å². The molecule has 38 heavy (non-hydrogen) atoms. The lowest BCUT2D eigenvalue weighted by Crippen LogP contribution is -2.57. The van der Waals surface area contributed by atoms with Gasteiger partial charge in [0.15, 0.2) is 5.96 Å². The van der Waals surface area contributed by atoms with Gasteiger partial charge in [-0.2, -0.15) is 11.8 Å². The number of carbonyl (C=O) groups is 6. The predicted octanol–water partition coefficient (Wildman–Crippen LogP) is -3.21. The van der Waals surface area contributed by atoms with Crippen molar-refractivity contribution in [2.75, 3.05) is 18.6 Å². The molecule has 0 aromatic heterocycles. The maximum absolute atomic E-state index is 13.0. The zero-order valence-electron chi connectivity index (χ0n) is 21.2. The fourth-order valence-corrected chi connectivity index (χ4v) is 3.53. The van der Waals surface area contributed by atoms with Crippen LogP contribution in [0, 0.1) is 0 Å². The number of nitrogens with one attached hydrogen (secondary N) is 3. The average molecular weight is 563 g/mol. The number of carboxylic acids is 2. The van der Waals surface area contributed by atoms with Gasteiger partial charge in [-0.25, -0.2) is 4.79 Å². The van der Waals surface area contributed by atoms with E-state index in [2.05, 4.69) is 20.9 Å². The van der Waals surface area contributed by atoms with E-state index >= 15 is 0 Å². The second-order valence-electron chi connectivity index (χ2n) is 8.30. The van der Waals surface area contributed by atoms with Crippen molar-refractivity contribution in [1.29, 1.82) is 0 Å². The molecular formula is C21H38N8O8S. The van der Waals surface area contributed by atoms with E-state index in [0.29, 0.717) is 5.75 Å². The lowest BCUT2D eigenvalue weighted by atomic mass is 10.1. The SMILES string of the molecule is CSCCC(NC(=O)C(CCC(N)=O)NC(=O)C(N)CCC(=O)O)C(=O)NC(CCCN=C(N)N)C(=O)O. The van der Waals surface area contributed by atoms with Crippen LogP contribution < -0.4 is 38.9 Å². The molecule has 0 radical (unpaired) electrons. The van der Waals surface area contributed by atoms with E-state index < -0.39 is 59.7 Å². The molecule has 0 fully saturated rings. The summed E-state index contributed by atoms with van der Waals surface area (Å²) in [7, 11) is 0. The summed E-state index contributed by atoms with van der Waals surface area (Å²) in [6.07, 6.45) is 1.14. The zero-order valence-corrected chi connectivity index (χ0v) is 22.0. The summed E-state index contributed by atoms with van der Waals surface area (Å²) in [4.78, 5) is 75.7. The first-order valence-corrected chi connectivity index (χ1v) is 13.1. The fourth-order valence-electron chi connectivity index (χ4n) is 3.05. The van der Waals surface area contributed by atoms with Crippen molar-refractivity contribution in [2.24, 2.45) is 27.9 Å². The summed E-state index contributed by atoms with van der Waals surface area (Å²) in [6.45, 7) is 0.157. The number of rotatable bonds is 20. The first-order valence-electron chi connectivity index (χ1n) is 11.7. The molecule has 0 aliphatic heterocycles. The van der Waals surface area contributed by atoms with Crippen LogP contribution >= 0.6 is 11.8 Å². The Morgan fingerprint density at radius 2 is 1.34 bits per heavy atom. The Hall–Kier alpha value is -3.60. The van der Waals surface area contributed by atoms with Crippen LogP contribution in [0.5, 0.6) is 0 Å². The molecule has 0 aliphatic rings. The fraction of sp³-hybridized carbons (Fsp3) is 0.667. The Balaban J connectivity index is 5.49. The van der Waals surface area contributed by atoms with E-state index in [1.54, 1.807) is 6.26 Å². The summed E-state index contributed by atoms with van der Waals surface area (Å²) < 4.78 is 0. The smallest absolute Gasteiger partial charge is 0.326 e. The minimum Gasteiger partial charge on any atom is -0.481 e. The molecule has 4 atom stereocenters. The number of amides is 4. The topological polar surface area (TPSA) is 295 Å². The molecule has 0 bridgehead atoms. The number of nitrogens with two attached hydrogens (primary N) is 4. The lowest BCUT2D eigenvalue weighted by Gasteiger charge is -2.25. The normalized spacial score (nSPS) is 13.7. The molecule has 13 N–H and O–H groups in total. The number of carbonyl (C=O) groups excluding carboxylic acids is 4. The molecule has 4 unspecified atom stereocenters. The first-order chi connectivity index (χ1) is 17.8. The Kier molecular flexibility index (Phi) is 16.9. The van der Waals surface area contributed by atoms with Gasteiger partial charge in [0.05, 0.1) is 6.04 Å². The third-order valence-electron chi connectivity index (χ3n) is 5.12. The van der Waals surface area contributed by atoms with Gasteiger partial charge in [-0.05, 0) is 44.1 Å². The monoisotopic (exact) mass is 562 g/mol. The van der Waals surface area contributed by atoms with Gasteiger partial charge in [0.2, 0.25) is 23.6 Å². The van der Waals surface area contributed by atoms with Crippen molar-refractivity contribution in [3.63, 3.8) is 0 Å². The zero-order chi connectivity index (χ0) is 29.3. The second-order valence-corrected chi connectivity index (χ2v) is 9.28. The number of thioether (sulfide) groups is 1. The molecule has 0 aliphatic carbocycles. The van der Waals surface area contributed by atoms with Crippen LogP contribution in [-0.2, 0) is 28.8 Å². The number of hydrogen-bond donors (Lipinski definition) is 9. The third kappa shape index (κ3) is 15.5. The Labute approximate surface area is 224 Å². The van der Waals surface area contributed by atoms with E-state index in [0.717, 1.165) is 0 Å². The van der Waals surface area contributed by atoms with Crippen LogP contribution in [0.15, 0.2) is 4.99 Å². The highest BCUT2D eigenvalue weighted by atomic mass is 32.2. The maximum Gasteiger partial charge on any atom is 0.326 e. The van der Waals surface area contributed by atoms with Crippen LogP contribution in [-0.4, -0.2) is 94.5 Å². The van der Waals surface area contributed by atoms with Crippen LogP contribution in [0.2, 0.25) is 0 Å². The number of hydrogen-bond acceptors (Lipinski definition) is 9. The summed E-state index contributed by atoms with van der Waals surface area (Å²) >= 11 is 1.38. The molecular weight excluding hydrogens is 524 g/mol. The number of nitrogens with zero attached hydrogens (tertiary/aromatic N) is 1. The Morgan fingerprint density at radius 1 is 0.789 bits per heavy atom. The minimum atomic E-state index is -1.31. The highest BCUT2D eigenvalue weighted by molar-refractivity contribution is 7.98. The van der Waals surface area contributed by atoms with E-state index in [4.69, 9.17) is 28.0 Å². The molecule has 16 nitrogen and oxygen atoms in total. The van der Waals surface area contributed by atoms with Crippen LogP contribution in [0.25, 0.3) is 0 Å². The van der Waals surface area contributed by atoms with E-state index in [1.165, 1.54) is 11.8 Å². The van der Waals surface area contributed by atoms with Crippen molar-refractivity contribution in [1.82, 2.24) is 16.0 Å². The first kappa shape index (κ1) is 34.4. The molecule has 216 valence electrons. The lowest BCUT2D eigenvalue weighted by molar-refractivity contribution is -0.142. The van der Waals surface area contributed by atoms with Crippen LogP contribution in [0.4, 0.5) is 0 Å². The van der Waals surface area contributed by atoms with Crippen molar-refractivity contribution >= 4 is 53.3 Å². The molecule has 0 heterocycles. The van der Waals surface area contributed by atoms with Gasteiger partial charge in [0, 0.05) is 19.4 Å². The predicted molar refractivity (Wildman–Crippen MR) is 140 cm³/mol. The summed E-state index contributed by atoms with van der Waals surface area (Å²) in [5.41, 5.74) is 21.3. The molecule has 0 aromatic carbocycles. The van der Waals surface area contributed by atoms with Crippen molar-refractivity contribution < 1.29 is 39.0 Å². The van der Waals surface area contributed by atoms with E-state index in [9.17, 15) is 33.9 Å². The van der Waals surface area contributed by atoms with Crippen molar-refractivity contribution in [3.05, 3.63) is 0 Å². The summed E-state index contributed by atoms with van der Waals surface area (Å²) in [5, 5.41) is 25.5. The summed E-state index contributed by atoms with van der Waals surface area (Å²) in [6, 6.07) is -4.99.